The molecule has 1 amide bonds. The van der Waals surface area contributed by atoms with Crippen LogP contribution in [0.5, 0.6) is 0 Å². The summed E-state index contributed by atoms with van der Waals surface area (Å²) in [6.45, 7) is 1.77. The third-order valence-electron chi connectivity index (χ3n) is 2.87. The van der Waals surface area contributed by atoms with Crippen LogP contribution in [0.4, 0.5) is 5.69 Å². The summed E-state index contributed by atoms with van der Waals surface area (Å²) in [4.78, 5) is 23.0. The van der Waals surface area contributed by atoms with Crippen LogP contribution in [0.25, 0.3) is 0 Å². The number of carbonyl (C=O) groups is 2. The number of rotatable bonds is 4. The number of hydrogen-bond acceptors (Lipinski definition) is 3. The van der Waals surface area contributed by atoms with Crippen molar-refractivity contribution in [1.29, 1.82) is 0 Å². The van der Waals surface area contributed by atoms with Crippen LogP contribution < -0.4 is 5.32 Å². The molecule has 0 unspecified atom stereocenters. The maximum Gasteiger partial charge on any atom is 0.309 e. The molecule has 4 nitrogen and oxygen atoms in total. The monoisotopic (exact) mass is 311 g/mol. The maximum atomic E-state index is 11.5. The number of anilines is 1. The zero-order valence-electron chi connectivity index (χ0n) is 9.98. The highest BCUT2D eigenvalue weighted by atomic mass is 79.9. The number of benzene rings is 1. The fraction of sp³-hybridized carbons (Fsp3) is 0.385. The number of halogens is 1. The molecule has 1 fully saturated rings. The summed E-state index contributed by atoms with van der Waals surface area (Å²) in [5.41, 5.74) is 0.671. The minimum Gasteiger partial charge on any atom is -0.455 e. The number of esters is 1. The molecule has 1 aliphatic rings. The van der Waals surface area contributed by atoms with Crippen LogP contribution in [-0.2, 0) is 14.3 Å². The van der Waals surface area contributed by atoms with Crippen molar-refractivity contribution in [2.45, 2.75) is 13.3 Å². The van der Waals surface area contributed by atoms with E-state index in [0.29, 0.717) is 11.6 Å². The molecule has 0 radical (unpaired) electrons. The van der Waals surface area contributed by atoms with Crippen LogP contribution in [0.15, 0.2) is 28.7 Å². The highest BCUT2D eigenvalue weighted by Crippen LogP contribution is 2.38. The highest BCUT2D eigenvalue weighted by molar-refractivity contribution is 9.10. The average molecular weight is 312 g/mol. The van der Waals surface area contributed by atoms with Gasteiger partial charge in [0.05, 0.1) is 5.92 Å². The van der Waals surface area contributed by atoms with Gasteiger partial charge in [-0.05, 0) is 30.5 Å². The van der Waals surface area contributed by atoms with Crippen molar-refractivity contribution in [3.63, 3.8) is 0 Å². The van der Waals surface area contributed by atoms with E-state index < -0.39 is 0 Å². The molecule has 2 rings (SSSR count). The molecule has 0 heterocycles. The second-order valence-corrected chi connectivity index (χ2v) is 5.40. The standard InChI is InChI=1S/C13H14BrNO3/c1-8-5-11(8)13(17)18-7-12(16)15-10-4-2-3-9(14)6-10/h2-4,6,8,11H,5,7H2,1H3,(H,15,16)/t8-,11+/m0/s1. The summed E-state index contributed by atoms with van der Waals surface area (Å²) in [6.07, 6.45) is 0.867. The maximum absolute atomic E-state index is 11.5. The van der Waals surface area contributed by atoms with Crippen molar-refractivity contribution in [2.75, 3.05) is 11.9 Å². The van der Waals surface area contributed by atoms with E-state index in [1.807, 2.05) is 19.1 Å². The van der Waals surface area contributed by atoms with E-state index in [0.717, 1.165) is 10.9 Å². The van der Waals surface area contributed by atoms with Gasteiger partial charge in [-0.25, -0.2) is 0 Å². The van der Waals surface area contributed by atoms with Gasteiger partial charge in [0, 0.05) is 10.2 Å². The molecule has 1 saturated carbocycles. The SMILES string of the molecule is C[C@H]1C[C@H]1C(=O)OCC(=O)Nc1cccc(Br)c1. The number of hydrogen-bond donors (Lipinski definition) is 1. The van der Waals surface area contributed by atoms with E-state index in [4.69, 9.17) is 4.74 Å². The van der Waals surface area contributed by atoms with Gasteiger partial charge < -0.3 is 10.1 Å². The van der Waals surface area contributed by atoms with Gasteiger partial charge in [-0.3, -0.25) is 9.59 Å². The summed E-state index contributed by atoms with van der Waals surface area (Å²) in [6, 6.07) is 7.23. The minimum absolute atomic E-state index is 0.0105. The lowest BCUT2D eigenvalue weighted by Crippen LogP contribution is -2.21. The summed E-state index contributed by atoms with van der Waals surface area (Å²) < 4.78 is 5.82. The van der Waals surface area contributed by atoms with Gasteiger partial charge >= 0.3 is 5.97 Å². The lowest BCUT2D eigenvalue weighted by Gasteiger charge is -2.06. The van der Waals surface area contributed by atoms with Gasteiger partial charge in [0.1, 0.15) is 0 Å². The van der Waals surface area contributed by atoms with E-state index in [-0.39, 0.29) is 24.4 Å². The molecule has 5 heteroatoms. The van der Waals surface area contributed by atoms with Gasteiger partial charge in [0.25, 0.3) is 5.91 Å². The van der Waals surface area contributed by atoms with Gasteiger partial charge in [-0.15, -0.1) is 0 Å². The first-order chi connectivity index (χ1) is 8.56. The molecule has 1 aromatic carbocycles. The van der Waals surface area contributed by atoms with Crippen molar-refractivity contribution in [3.8, 4) is 0 Å². The van der Waals surface area contributed by atoms with E-state index >= 15 is 0 Å². The number of carbonyl (C=O) groups excluding carboxylic acids is 2. The molecular weight excluding hydrogens is 298 g/mol. The molecule has 1 aromatic rings. The van der Waals surface area contributed by atoms with E-state index in [1.165, 1.54) is 0 Å². The molecular formula is C13H14BrNO3. The van der Waals surface area contributed by atoms with Crippen LogP contribution in [0, 0.1) is 11.8 Å². The normalized spacial score (nSPS) is 21.2. The quantitative estimate of drug-likeness (QED) is 0.870. The van der Waals surface area contributed by atoms with Crippen molar-refractivity contribution < 1.29 is 14.3 Å². The molecule has 96 valence electrons. The second kappa shape index (κ2) is 5.52. The number of ether oxygens (including phenoxy) is 1. The largest absolute Gasteiger partial charge is 0.455 e. The van der Waals surface area contributed by atoms with Crippen LogP contribution in [0.3, 0.4) is 0 Å². The third-order valence-corrected chi connectivity index (χ3v) is 3.36. The molecule has 1 aliphatic carbocycles. The fourth-order valence-corrected chi connectivity index (χ4v) is 2.06. The van der Waals surface area contributed by atoms with Crippen LogP contribution in [-0.4, -0.2) is 18.5 Å². The molecule has 0 spiro atoms. The lowest BCUT2D eigenvalue weighted by atomic mass is 10.3. The molecule has 18 heavy (non-hydrogen) atoms. The Labute approximate surface area is 114 Å². The first-order valence-corrected chi connectivity index (χ1v) is 6.57. The third kappa shape index (κ3) is 3.57. The van der Waals surface area contributed by atoms with Gasteiger partial charge in [0.15, 0.2) is 6.61 Å². The zero-order chi connectivity index (χ0) is 13.1. The Kier molecular flexibility index (Phi) is 4.01. The predicted octanol–water partition coefficient (Wildman–Crippen LogP) is 2.59. The summed E-state index contributed by atoms with van der Waals surface area (Å²) in [7, 11) is 0. The van der Waals surface area contributed by atoms with Gasteiger partial charge in [0.2, 0.25) is 0 Å². The Morgan fingerprint density at radius 2 is 2.22 bits per heavy atom. The summed E-state index contributed by atoms with van der Waals surface area (Å²) in [5.74, 6) is -0.212. The lowest BCUT2D eigenvalue weighted by molar-refractivity contribution is -0.148. The topological polar surface area (TPSA) is 55.4 Å². The second-order valence-electron chi connectivity index (χ2n) is 4.49. The fourth-order valence-electron chi connectivity index (χ4n) is 1.66. The molecule has 2 atom stereocenters. The highest BCUT2D eigenvalue weighted by Gasteiger charge is 2.40. The van der Waals surface area contributed by atoms with Crippen molar-refractivity contribution in [1.82, 2.24) is 0 Å². The Bertz CT molecular complexity index is 475. The molecule has 0 saturated heterocycles. The molecule has 0 bridgehead atoms. The molecule has 0 aromatic heterocycles. The number of nitrogens with one attached hydrogen (secondary N) is 1. The van der Waals surface area contributed by atoms with Crippen molar-refractivity contribution in [2.24, 2.45) is 11.8 Å². The van der Waals surface area contributed by atoms with Crippen LogP contribution in [0.1, 0.15) is 13.3 Å². The molecule has 1 N–H and O–H groups in total. The Morgan fingerprint density at radius 1 is 1.50 bits per heavy atom. The van der Waals surface area contributed by atoms with Crippen LogP contribution in [0.2, 0.25) is 0 Å². The predicted molar refractivity (Wildman–Crippen MR) is 71.0 cm³/mol. The van der Waals surface area contributed by atoms with Gasteiger partial charge in [-0.2, -0.15) is 0 Å². The minimum atomic E-state index is -0.324. The zero-order valence-corrected chi connectivity index (χ0v) is 11.6. The van der Waals surface area contributed by atoms with E-state index in [1.54, 1.807) is 12.1 Å². The average Bonchev–Trinajstić information content (AvgIpc) is 3.03. The van der Waals surface area contributed by atoms with Gasteiger partial charge in [-0.1, -0.05) is 28.9 Å². The first kappa shape index (κ1) is 13.1. The van der Waals surface area contributed by atoms with E-state index in [2.05, 4.69) is 21.2 Å². The number of amides is 1. The van der Waals surface area contributed by atoms with E-state index in [9.17, 15) is 9.59 Å². The van der Waals surface area contributed by atoms with Crippen LogP contribution >= 0.6 is 15.9 Å². The van der Waals surface area contributed by atoms with Crippen molar-refractivity contribution >= 4 is 33.5 Å². The van der Waals surface area contributed by atoms with Crippen molar-refractivity contribution in [3.05, 3.63) is 28.7 Å². The Hall–Kier alpha value is -1.36. The Morgan fingerprint density at radius 3 is 2.83 bits per heavy atom. The summed E-state index contributed by atoms with van der Waals surface area (Å²) >= 11 is 3.31. The first-order valence-electron chi connectivity index (χ1n) is 5.78. The smallest absolute Gasteiger partial charge is 0.309 e. The summed E-state index contributed by atoms with van der Waals surface area (Å²) in [5, 5.41) is 2.66. The molecule has 0 aliphatic heterocycles. The Balaban J connectivity index is 1.77.